The van der Waals surface area contributed by atoms with Crippen LogP contribution in [0, 0.1) is 0 Å². The first-order chi connectivity index (χ1) is 6.72. The second-order valence-electron chi connectivity index (χ2n) is 3.68. The fourth-order valence-corrected chi connectivity index (χ4v) is 2.10. The Balaban J connectivity index is 2.37. The number of benzene rings is 1. The molecule has 0 aliphatic heterocycles. The number of likely N-dealkylation sites (N-methyl/N-ethyl adjacent to an activating group) is 1. The van der Waals surface area contributed by atoms with Crippen molar-refractivity contribution in [3.63, 3.8) is 0 Å². The van der Waals surface area contributed by atoms with Crippen molar-refractivity contribution >= 4 is 17.2 Å². The lowest BCUT2D eigenvalue weighted by atomic mass is 10.0. The zero-order chi connectivity index (χ0) is 10.1. The molecule has 0 saturated carbocycles. The van der Waals surface area contributed by atoms with Crippen LogP contribution in [0.2, 0.25) is 5.02 Å². The third-order valence-electron chi connectivity index (χ3n) is 2.82. The van der Waals surface area contributed by atoms with E-state index in [1.807, 2.05) is 13.1 Å². The molecule has 0 aromatic heterocycles. The minimum absolute atomic E-state index is 0.414. The SMILES string of the molecule is CNC(C)C1=CCc2cc(Cl)ccc21. The zero-order valence-corrected chi connectivity index (χ0v) is 9.23. The second kappa shape index (κ2) is 3.76. The molecular weight excluding hydrogens is 194 g/mol. The summed E-state index contributed by atoms with van der Waals surface area (Å²) in [5.74, 6) is 0. The number of rotatable bonds is 2. The zero-order valence-electron chi connectivity index (χ0n) is 8.47. The van der Waals surface area contributed by atoms with E-state index in [-0.39, 0.29) is 0 Å². The lowest BCUT2D eigenvalue weighted by Gasteiger charge is -2.13. The fourth-order valence-electron chi connectivity index (χ4n) is 1.91. The van der Waals surface area contributed by atoms with E-state index in [0.717, 1.165) is 11.4 Å². The first kappa shape index (κ1) is 9.75. The molecule has 0 saturated heterocycles. The number of hydrogen-bond acceptors (Lipinski definition) is 1. The monoisotopic (exact) mass is 207 g/mol. The Morgan fingerprint density at radius 2 is 2.21 bits per heavy atom. The third-order valence-corrected chi connectivity index (χ3v) is 3.05. The molecule has 2 heteroatoms. The molecule has 0 bridgehead atoms. The maximum Gasteiger partial charge on any atom is 0.0409 e. The minimum Gasteiger partial charge on any atom is -0.313 e. The summed E-state index contributed by atoms with van der Waals surface area (Å²) in [6.45, 7) is 2.18. The molecule has 1 aromatic carbocycles. The van der Waals surface area contributed by atoms with Gasteiger partial charge in [0.05, 0.1) is 0 Å². The maximum atomic E-state index is 5.95. The molecule has 1 aromatic rings. The van der Waals surface area contributed by atoms with Gasteiger partial charge in [-0.1, -0.05) is 23.7 Å². The predicted octanol–water partition coefficient (Wildman–Crippen LogP) is 2.89. The van der Waals surface area contributed by atoms with Crippen LogP contribution < -0.4 is 5.32 Å². The van der Waals surface area contributed by atoms with Crippen molar-refractivity contribution in [3.8, 4) is 0 Å². The van der Waals surface area contributed by atoms with Gasteiger partial charge in [0.1, 0.15) is 0 Å². The summed E-state index contributed by atoms with van der Waals surface area (Å²) in [6.07, 6.45) is 3.29. The van der Waals surface area contributed by atoms with Gasteiger partial charge in [0, 0.05) is 11.1 Å². The minimum atomic E-state index is 0.414. The van der Waals surface area contributed by atoms with Gasteiger partial charge in [-0.3, -0.25) is 0 Å². The van der Waals surface area contributed by atoms with Crippen molar-refractivity contribution in [1.29, 1.82) is 0 Å². The molecule has 0 radical (unpaired) electrons. The van der Waals surface area contributed by atoms with E-state index in [2.05, 4.69) is 30.4 Å². The number of halogens is 1. The summed E-state index contributed by atoms with van der Waals surface area (Å²) in [5, 5.41) is 4.09. The van der Waals surface area contributed by atoms with Crippen molar-refractivity contribution in [2.24, 2.45) is 0 Å². The van der Waals surface area contributed by atoms with Crippen LogP contribution in [0.15, 0.2) is 24.3 Å². The molecule has 1 aliphatic carbocycles. The summed E-state index contributed by atoms with van der Waals surface area (Å²) >= 11 is 5.95. The highest BCUT2D eigenvalue weighted by Gasteiger charge is 2.17. The van der Waals surface area contributed by atoms with Crippen LogP contribution in [0.3, 0.4) is 0 Å². The van der Waals surface area contributed by atoms with Gasteiger partial charge in [-0.15, -0.1) is 0 Å². The molecule has 1 atom stereocenters. The largest absolute Gasteiger partial charge is 0.313 e. The highest BCUT2D eigenvalue weighted by Crippen LogP contribution is 2.31. The van der Waals surface area contributed by atoms with Crippen molar-refractivity contribution in [1.82, 2.24) is 5.32 Å². The lowest BCUT2D eigenvalue weighted by Crippen LogP contribution is -2.22. The average molecular weight is 208 g/mol. The Hall–Kier alpha value is -0.790. The van der Waals surface area contributed by atoms with Gasteiger partial charge >= 0.3 is 0 Å². The fraction of sp³-hybridized carbons (Fsp3) is 0.333. The normalized spacial score (nSPS) is 16.4. The molecule has 14 heavy (non-hydrogen) atoms. The van der Waals surface area contributed by atoms with Crippen LogP contribution in [0.4, 0.5) is 0 Å². The maximum absolute atomic E-state index is 5.95. The van der Waals surface area contributed by atoms with Crippen molar-refractivity contribution < 1.29 is 0 Å². The first-order valence-corrected chi connectivity index (χ1v) is 5.26. The van der Waals surface area contributed by atoms with Gasteiger partial charge in [-0.2, -0.15) is 0 Å². The van der Waals surface area contributed by atoms with Crippen LogP contribution in [0.5, 0.6) is 0 Å². The molecule has 0 fully saturated rings. The first-order valence-electron chi connectivity index (χ1n) is 4.88. The highest BCUT2D eigenvalue weighted by atomic mass is 35.5. The van der Waals surface area contributed by atoms with E-state index in [0.29, 0.717) is 6.04 Å². The van der Waals surface area contributed by atoms with E-state index in [9.17, 15) is 0 Å². The van der Waals surface area contributed by atoms with Gasteiger partial charge in [-0.05, 0) is 49.2 Å². The Kier molecular flexibility index (Phi) is 2.62. The van der Waals surface area contributed by atoms with E-state index >= 15 is 0 Å². The predicted molar refractivity (Wildman–Crippen MR) is 61.7 cm³/mol. The van der Waals surface area contributed by atoms with Crippen LogP contribution in [-0.4, -0.2) is 13.1 Å². The standard InChI is InChI=1S/C12H14ClN/c1-8(14-2)11-5-3-9-7-10(13)4-6-12(9)11/h4-8,14H,3H2,1-2H3. The molecule has 74 valence electrons. The van der Waals surface area contributed by atoms with Crippen molar-refractivity contribution in [2.75, 3.05) is 7.05 Å². The topological polar surface area (TPSA) is 12.0 Å². The van der Waals surface area contributed by atoms with E-state index < -0.39 is 0 Å². The number of fused-ring (bicyclic) bond motifs is 1. The van der Waals surface area contributed by atoms with Gasteiger partial charge in [0.15, 0.2) is 0 Å². The number of nitrogens with one attached hydrogen (secondary N) is 1. The van der Waals surface area contributed by atoms with E-state index in [1.54, 1.807) is 0 Å². The van der Waals surface area contributed by atoms with Crippen LogP contribution >= 0.6 is 11.6 Å². The molecule has 0 heterocycles. The van der Waals surface area contributed by atoms with Gasteiger partial charge in [-0.25, -0.2) is 0 Å². The summed E-state index contributed by atoms with van der Waals surface area (Å²) in [4.78, 5) is 0. The van der Waals surface area contributed by atoms with Crippen LogP contribution in [0.25, 0.3) is 5.57 Å². The molecule has 1 N–H and O–H groups in total. The summed E-state index contributed by atoms with van der Waals surface area (Å²) in [5.41, 5.74) is 4.07. The molecule has 0 amide bonds. The summed E-state index contributed by atoms with van der Waals surface area (Å²) in [7, 11) is 1.99. The summed E-state index contributed by atoms with van der Waals surface area (Å²) < 4.78 is 0. The Labute approximate surface area is 89.8 Å². The molecule has 0 spiro atoms. The third kappa shape index (κ3) is 1.58. The second-order valence-corrected chi connectivity index (χ2v) is 4.11. The molecule has 1 nitrogen and oxygen atoms in total. The Bertz CT molecular complexity index is 382. The van der Waals surface area contributed by atoms with Crippen molar-refractivity contribution in [3.05, 3.63) is 40.4 Å². The molecule has 1 aliphatic rings. The van der Waals surface area contributed by atoms with Crippen molar-refractivity contribution in [2.45, 2.75) is 19.4 Å². The van der Waals surface area contributed by atoms with Gasteiger partial charge in [0.25, 0.3) is 0 Å². The number of allylic oxidation sites excluding steroid dienone is 1. The smallest absolute Gasteiger partial charge is 0.0409 e. The quantitative estimate of drug-likeness (QED) is 0.787. The Morgan fingerprint density at radius 1 is 1.43 bits per heavy atom. The highest BCUT2D eigenvalue weighted by molar-refractivity contribution is 6.30. The average Bonchev–Trinajstić information content (AvgIpc) is 2.59. The number of hydrogen-bond donors (Lipinski definition) is 1. The van der Waals surface area contributed by atoms with E-state index in [1.165, 1.54) is 16.7 Å². The van der Waals surface area contributed by atoms with E-state index in [4.69, 9.17) is 11.6 Å². The lowest BCUT2D eigenvalue weighted by molar-refractivity contribution is 0.745. The van der Waals surface area contributed by atoms with Crippen LogP contribution in [-0.2, 0) is 6.42 Å². The van der Waals surface area contributed by atoms with Gasteiger partial charge in [0.2, 0.25) is 0 Å². The van der Waals surface area contributed by atoms with Crippen LogP contribution in [0.1, 0.15) is 18.1 Å². The van der Waals surface area contributed by atoms with Gasteiger partial charge < -0.3 is 5.32 Å². The molecular formula is C12H14ClN. The molecule has 2 rings (SSSR count). The molecule has 1 unspecified atom stereocenters. The summed E-state index contributed by atoms with van der Waals surface area (Å²) in [6, 6.07) is 6.55. The Morgan fingerprint density at radius 3 is 2.93 bits per heavy atom.